The largest absolute Gasteiger partial charge is 0.319 e. The summed E-state index contributed by atoms with van der Waals surface area (Å²) >= 11 is 0. The van der Waals surface area contributed by atoms with Gasteiger partial charge in [0.2, 0.25) is 0 Å². The number of carbonyl (C=O) groups excluding carboxylic acids is 1. The highest BCUT2D eigenvalue weighted by molar-refractivity contribution is 6.05. The zero-order valence-electron chi connectivity index (χ0n) is 14.1. The molecule has 1 amide bonds. The topological polar surface area (TPSA) is 133 Å². The smallest absolute Gasteiger partial charge is 0.277 e. The van der Waals surface area contributed by atoms with Crippen molar-refractivity contribution in [2.75, 3.05) is 5.32 Å². The Balaban J connectivity index is 1.76. The van der Waals surface area contributed by atoms with Crippen LogP contribution in [0, 0.1) is 26.0 Å². The Labute approximate surface area is 156 Å². The summed E-state index contributed by atoms with van der Waals surface area (Å²) in [5.74, 6) is -1.11. The predicted molar refractivity (Wildman–Crippen MR) is 95.4 cm³/mol. The molecule has 0 radical (unpaired) electrons. The first kappa shape index (κ1) is 18.6. The van der Waals surface area contributed by atoms with Crippen LogP contribution in [0.1, 0.15) is 15.9 Å². The Bertz CT molecular complexity index is 1030. The number of benzene rings is 2. The standard InChI is InChI=1S/C17H12FN5O5/c18-13-3-1-11(2-4-13)9-21-10-14(8-19-21)20-17(24)12-5-15(22(25)26)7-16(6-12)23(27)28/h1-8,10H,9H2,(H,20,24). The Kier molecular flexibility index (Phi) is 5.07. The number of hydrogen-bond acceptors (Lipinski definition) is 6. The van der Waals surface area contributed by atoms with E-state index < -0.39 is 27.1 Å². The Morgan fingerprint density at radius 2 is 1.68 bits per heavy atom. The molecule has 1 heterocycles. The van der Waals surface area contributed by atoms with Crippen molar-refractivity contribution in [1.29, 1.82) is 0 Å². The second kappa shape index (κ2) is 7.61. The van der Waals surface area contributed by atoms with E-state index in [0.29, 0.717) is 12.2 Å². The molecule has 2 aromatic carbocycles. The zero-order valence-corrected chi connectivity index (χ0v) is 14.1. The predicted octanol–water partition coefficient (Wildman–Crippen LogP) is 3.14. The highest BCUT2D eigenvalue weighted by atomic mass is 19.1. The van der Waals surface area contributed by atoms with E-state index >= 15 is 0 Å². The van der Waals surface area contributed by atoms with Gasteiger partial charge in [-0.05, 0) is 17.7 Å². The van der Waals surface area contributed by atoms with Gasteiger partial charge in [0.15, 0.2) is 0 Å². The van der Waals surface area contributed by atoms with E-state index in [2.05, 4.69) is 10.4 Å². The van der Waals surface area contributed by atoms with Crippen molar-refractivity contribution in [3.63, 3.8) is 0 Å². The first-order chi connectivity index (χ1) is 13.3. The molecule has 3 rings (SSSR count). The van der Waals surface area contributed by atoms with Gasteiger partial charge in [-0.2, -0.15) is 5.10 Å². The van der Waals surface area contributed by atoms with Crippen LogP contribution < -0.4 is 5.32 Å². The number of amides is 1. The molecule has 0 atom stereocenters. The van der Waals surface area contributed by atoms with Crippen LogP contribution in [0.2, 0.25) is 0 Å². The normalized spacial score (nSPS) is 10.5. The monoisotopic (exact) mass is 385 g/mol. The molecular formula is C17H12FN5O5. The minimum absolute atomic E-state index is 0.229. The molecular weight excluding hydrogens is 373 g/mol. The molecule has 0 bridgehead atoms. The van der Waals surface area contributed by atoms with Crippen LogP contribution in [-0.4, -0.2) is 25.5 Å². The maximum absolute atomic E-state index is 12.9. The number of non-ortho nitro benzene ring substituents is 2. The summed E-state index contributed by atoms with van der Waals surface area (Å²) in [4.78, 5) is 32.5. The van der Waals surface area contributed by atoms with Gasteiger partial charge in [-0.25, -0.2) is 4.39 Å². The number of nitrogens with zero attached hydrogens (tertiary/aromatic N) is 4. The number of nitrogens with one attached hydrogen (secondary N) is 1. The van der Waals surface area contributed by atoms with Crippen LogP contribution in [-0.2, 0) is 6.54 Å². The summed E-state index contributed by atoms with van der Waals surface area (Å²) < 4.78 is 14.4. The van der Waals surface area contributed by atoms with Gasteiger partial charge in [-0.15, -0.1) is 0 Å². The van der Waals surface area contributed by atoms with E-state index in [1.54, 1.807) is 12.1 Å². The maximum Gasteiger partial charge on any atom is 0.277 e. The third kappa shape index (κ3) is 4.33. The first-order valence-electron chi connectivity index (χ1n) is 7.84. The second-order valence-corrected chi connectivity index (χ2v) is 5.76. The number of nitro benzene ring substituents is 2. The van der Waals surface area contributed by atoms with Crippen molar-refractivity contribution in [2.45, 2.75) is 6.54 Å². The van der Waals surface area contributed by atoms with Crippen LogP contribution in [0.3, 0.4) is 0 Å². The number of rotatable bonds is 6. The molecule has 1 aromatic heterocycles. The van der Waals surface area contributed by atoms with E-state index in [1.807, 2.05) is 0 Å². The summed E-state index contributed by atoms with van der Waals surface area (Å²) in [5, 5.41) is 28.4. The molecule has 0 spiro atoms. The van der Waals surface area contributed by atoms with E-state index in [4.69, 9.17) is 0 Å². The van der Waals surface area contributed by atoms with E-state index in [0.717, 1.165) is 23.8 Å². The van der Waals surface area contributed by atoms with E-state index in [1.165, 1.54) is 29.2 Å². The number of halogens is 1. The van der Waals surface area contributed by atoms with Gasteiger partial charge in [0.25, 0.3) is 17.3 Å². The summed E-state index contributed by atoms with van der Waals surface area (Å²) in [5.41, 5.74) is -0.275. The molecule has 10 nitrogen and oxygen atoms in total. The lowest BCUT2D eigenvalue weighted by Gasteiger charge is -2.03. The Hall–Kier alpha value is -4.15. The fraction of sp³-hybridized carbons (Fsp3) is 0.0588. The van der Waals surface area contributed by atoms with Crippen molar-refractivity contribution in [3.8, 4) is 0 Å². The Morgan fingerprint density at radius 1 is 1.07 bits per heavy atom. The average Bonchev–Trinajstić information content (AvgIpc) is 3.10. The lowest BCUT2D eigenvalue weighted by atomic mass is 10.1. The SMILES string of the molecule is O=C(Nc1cnn(Cc2ccc(F)cc2)c1)c1cc([N+](=O)[O-])cc([N+](=O)[O-])c1. The molecule has 3 aromatic rings. The molecule has 0 saturated heterocycles. The molecule has 0 saturated carbocycles. The molecule has 0 aliphatic rings. The summed E-state index contributed by atoms with van der Waals surface area (Å²) in [6, 6.07) is 8.50. The first-order valence-corrected chi connectivity index (χ1v) is 7.84. The fourth-order valence-electron chi connectivity index (χ4n) is 2.43. The van der Waals surface area contributed by atoms with Gasteiger partial charge >= 0.3 is 0 Å². The highest BCUT2D eigenvalue weighted by Gasteiger charge is 2.20. The van der Waals surface area contributed by atoms with E-state index in [9.17, 15) is 29.4 Å². The third-order valence-electron chi connectivity index (χ3n) is 3.74. The number of carbonyl (C=O) groups is 1. The highest BCUT2D eigenvalue weighted by Crippen LogP contribution is 2.23. The van der Waals surface area contributed by atoms with Crippen molar-refractivity contribution < 1.29 is 19.0 Å². The van der Waals surface area contributed by atoms with Crippen molar-refractivity contribution in [3.05, 3.63) is 92.0 Å². The van der Waals surface area contributed by atoms with Crippen LogP contribution in [0.25, 0.3) is 0 Å². The lowest BCUT2D eigenvalue weighted by Crippen LogP contribution is -2.12. The minimum atomic E-state index is -0.815. The summed E-state index contributed by atoms with van der Waals surface area (Å²) in [6.07, 6.45) is 2.86. The third-order valence-corrected chi connectivity index (χ3v) is 3.74. The van der Waals surface area contributed by atoms with E-state index in [-0.39, 0.29) is 11.4 Å². The number of aromatic nitrogens is 2. The second-order valence-electron chi connectivity index (χ2n) is 5.76. The Morgan fingerprint density at radius 3 is 2.25 bits per heavy atom. The van der Waals surface area contributed by atoms with Crippen molar-refractivity contribution in [2.24, 2.45) is 0 Å². The average molecular weight is 385 g/mol. The van der Waals surface area contributed by atoms with Crippen LogP contribution in [0.15, 0.2) is 54.9 Å². The number of nitro groups is 2. The van der Waals surface area contributed by atoms with Crippen molar-refractivity contribution >= 4 is 23.0 Å². The molecule has 1 N–H and O–H groups in total. The van der Waals surface area contributed by atoms with Crippen LogP contribution >= 0.6 is 0 Å². The molecule has 0 aliphatic carbocycles. The molecule has 11 heteroatoms. The van der Waals surface area contributed by atoms with Crippen LogP contribution in [0.5, 0.6) is 0 Å². The number of anilines is 1. The van der Waals surface area contributed by atoms with Crippen molar-refractivity contribution in [1.82, 2.24) is 9.78 Å². The molecule has 0 fully saturated rings. The molecule has 28 heavy (non-hydrogen) atoms. The van der Waals surface area contributed by atoms with Gasteiger partial charge in [-0.3, -0.25) is 29.7 Å². The fourth-order valence-corrected chi connectivity index (χ4v) is 2.43. The van der Waals surface area contributed by atoms with Crippen LogP contribution in [0.4, 0.5) is 21.5 Å². The van der Waals surface area contributed by atoms with Gasteiger partial charge in [0, 0.05) is 18.3 Å². The molecule has 0 unspecified atom stereocenters. The molecule has 0 aliphatic heterocycles. The minimum Gasteiger partial charge on any atom is -0.319 e. The molecule has 142 valence electrons. The van der Waals surface area contributed by atoms with Gasteiger partial charge in [-0.1, -0.05) is 12.1 Å². The lowest BCUT2D eigenvalue weighted by molar-refractivity contribution is -0.394. The maximum atomic E-state index is 12.9. The summed E-state index contributed by atoms with van der Waals surface area (Å²) in [6.45, 7) is 0.332. The quantitative estimate of drug-likeness (QED) is 0.512. The van der Waals surface area contributed by atoms with Gasteiger partial charge in [0.05, 0.1) is 39.9 Å². The summed E-state index contributed by atoms with van der Waals surface area (Å²) in [7, 11) is 0. The number of hydrogen-bond donors (Lipinski definition) is 1. The van der Waals surface area contributed by atoms with Gasteiger partial charge in [0.1, 0.15) is 5.82 Å². The zero-order chi connectivity index (χ0) is 20.3. The van der Waals surface area contributed by atoms with Gasteiger partial charge < -0.3 is 5.32 Å².